The molecule has 1 N–H and O–H groups in total. The van der Waals surface area contributed by atoms with Crippen LogP contribution in [0.3, 0.4) is 0 Å². The van der Waals surface area contributed by atoms with E-state index in [0.717, 1.165) is 16.9 Å². The Morgan fingerprint density at radius 2 is 1.85 bits per heavy atom. The van der Waals surface area contributed by atoms with Crippen LogP contribution in [0.1, 0.15) is 21.1 Å². The maximum atomic E-state index is 13.1. The summed E-state index contributed by atoms with van der Waals surface area (Å²) in [6.07, 6.45) is 1.73. The average molecular weight is 489 g/mol. The summed E-state index contributed by atoms with van der Waals surface area (Å²) in [7, 11) is -2.57. The lowest BCUT2D eigenvalue weighted by molar-refractivity contribution is 0.0602. The van der Waals surface area contributed by atoms with Gasteiger partial charge in [0.15, 0.2) is 0 Å². The second kappa shape index (κ2) is 9.41. The summed E-state index contributed by atoms with van der Waals surface area (Å²) < 4.78 is 32.4. The molecule has 1 aliphatic rings. The monoisotopic (exact) mass is 488 g/mol. The highest BCUT2D eigenvalue weighted by atomic mass is 32.2. The van der Waals surface area contributed by atoms with E-state index in [1.807, 2.05) is 36.9 Å². The molecule has 174 valence electrons. The van der Waals surface area contributed by atoms with E-state index >= 15 is 0 Å². The molecule has 3 aromatic heterocycles. The number of hydrogen-bond acceptors (Lipinski definition) is 10. The molecule has 0 saturated carbocycles. The number of aryl methyl sites for hydroxylation is 2. The summed E-state index contributed by atoms with van der Waals surface area (Å²) in [5.41, 5.74) is 1.08. The van der Waals surface area contributed by atoms with E-state index < -0.39 is 16.0 Å². The number of pyridine rings is 1. The number of nitrogens with zero attached hydrogens (tertiary/aromatic N) is 5. The fourth-order valence-corrected chi connectivity index (χ4v) is 6.28. The molecule has 4 heterocycles. The third kappa shape index (κ3) is 4.97. The fraction of sp³-hybridized carbons (Fsp3) is 0.333. The highest BCUT2D eigenvalue weighted by Crippen LogP contribution is 2.28. The number of thiophene rings is 1. The first-order chi connectivity index (χ1) is 15.8. The van der Waals surface area contributed by atoms with Crippen LogP contribution in [0.25, 0.3) is 0 Å². The van der Waals surface area contributed by atoms with Crippen molar-refractivity contribution < 1.29 is 17.9 Å². The van der Waals surface area contributed by atoms with Crippen LogP contribution in [-0.2, 0) is 14.8 Å². The van der Waals surface area contributed by atoms with Gasteiger partial charge in [-0.15, -0.1) is 11.3 Å². The summed E-state index contributed by atoms with van der Waals surface area (Å²) in [5.74, 6) is 1.96. The zero-order valence-corrected chi connectivity index (χ0v) is 20.1. The third-order valence-corrected chi connectivity index (χ3v) is 8.14. The molecule has 10 nitrogen and oxygen atoms in total. The molecule has 3 aromatic rings. The molecule has 0 aliphatic carbocycles. The SMILES string of the molecule is COC(=O)c1sccc1S(=O)(=O)N1CCN(c2cc(Nc3cc(C)ccn3)nc(C)n2)CC1. The van der Waals surface area contributed by atoms with Gasteiger partial charge in [0.2, 0.25) is 10.0 Å². The number of hydrogen-bond donors (Lipinski definition) is 1. The summed E-state index contributed by atoms with van der Waals surface area (Å²) >= 11 is 1.06. The Morgan fingerprint density at radius 3 is 2.55 bits per heavy atom. The highest BCUT2D eigenvalue weighted by molar-refractivity contribution is 7.89. The molecule has 0 spiro atoms. The molecule has 0 aromatic carbocycles. The minimum Gasteiger partial charge on any atom is -0.465 e. The number of methoxy groups -OCH3 is 1. The third-order valence-electron chi connectivity index (χ3n) is 5.18. The first kappa shape index (κ1) is 23.1. The fourth-order valence-electron chi connectivity index (χ4n) is 3.55. The van der Waals surface area contributed by atoms with Crippen molar-refractivity contribution in [3.05, 3.63) is 52.1 Å². The van der Waals surface area contributed by atoms with Gasteiger partial charge >= 0.3 is 5.97 Å². The number of rotatable bonds is 6. The molecular weight excluding hydrogens is 464 g/mol. The number of esters is 1. The number of aromatic nitrogens is 3. The van der Waals surface area contributed by atoms with Gasteiger partial charge in [0, 0.05) is 38.4 Å². The van der Waals surface area contributed by atoms with Gasteiger partial charge in [0.05, 0.1) is 7.11 Å². The van der Waals surface area contributed by atoms with Crippen LogP contribution < -0.4 is 10.2 Å². The zero-order valence-electron chi connectivity index (χ0n) is 18.5. The van der Waals surface area contributed by atoms with Gasteiger partial charge in [-0.3, -0.25) is 0 Å². The number of nitrogens with one attached hydrogen (secondary N) is 1. The van der Waals surface area contributed by atoms with E-state index in [9.17, 15) is 13.2 Å². The van der Waals surface area contributed by atoms with Crippen LogP contribution in [0.15, 0.2) is 40.7 Å². The standard InChI is InChI=1S/C21H24N6O4S2/c1-14-4-6-22-17(12-14)25-18-13-19(24-15(2)23-18)26-7-9-27(10-8-26)33(29,30)16-5-11-32-20(16)21(28)31-3/h4-6,11-13H,7-10H2,1-3H3,(H,22,23,24,25). The number of piperazine rings is 1. The number of carbonyl (C=O) groups is 1. The number of carbonyl (C=O) groups excluding carboxylic acids is 1. The first-order valence-corrected chi connectivity index (χ1v) is 12.6. The van der Waals surface area contributed by atoms with E-state index in [1.165, 1.54) is 17.5 Å². The molecule has 1 saturated heterocycles. The summed E-state index contributed by atoms with van der Waals surface area (Å²) in [5, 5.41) is 4.78. The molecular formula is C21H24N6O4S2. The van der Waals surface area contributed by atoms with Crippen molar-refractivity contribution >= 4 is 44.8 Å². The molecule has 1 aliphatic heterocycles. The Bertz CT molecular complexity index is 1270. The Hall–Kier alpha value is -3.09. The van der Waals surface area contributed by atoms with E-state index in [2.05, 4.69) is 20.3 Å². The topological polar surface area (TPSA) is 118 Å². The van der Waals surface area contributed by atoms with Crippen LogP contribution in [0, 0.1) is 13.8 Å². The Labute approximate surface area is 196 Å². The highest BCUT2D eigenvalue weighted by Gasteiger charge is 2.33. The van der Waals surface area contributed by atoms with E-state index in [1.54, 1.807) is 11.6 Å². The molecule has 0 bridgehead atoms. The minimum atomic E-state index is -3.81. The van der Waals surface area contributed by atoms with Gasteiger partial charge < -0.3 is 15.0 Å². The van der Waals surface area contributed by atoms with Crippen LogP contribution in [0.2, 0.25) is 0 Å². The summed E-state index contributed by atoms with van der Waals surface area (Å²) in [6.45, 7) is 5.24. The normalized spacial score (nSPS) is 14.8. The summed E-state index contributed by atoms with van der Waals surface area (Å²) in [6, 6.07) is 7.12. The lowest BCUT2D eigenvalue weighted by atomic mass is 10.3. The molecule has 0 atom stereocenters. The van der Waals surface area contributed by atoms with E-state index in [0.29, 0.717) is 36.4 Å². The van der Waals surface area contributed by atoms with Crippen molar-refractivity contribution in [1.29, 1.82) is 0 Å². The molecule has 33 heavy (non-hydrogen) atoms. The predicted molar refractivity (Wildman–Crippen MR) is 126 cm³/mol. The van der Waals surface area contributed by atoms with Crippen molar-refractivity contribution in [2.45, 2.75) is 18.7 Å². The van der Waals surface area contributed by atoms with Gasteiger partial charge in [0.1, 0.15) is 33.1 Å². The second-order valence-corrected chi connectivity index (χ2v) is 10.3. The first-order valence-electron chi connectivity index (χ1n) is 10.2. The van der Waals surface area contributed by atoms with Crippen molar-refractivity contribution in [1.82, 2.24) is 19.3 Å². The number of sulfonamides is 1. The Morgan fingerprint density at radius 1 is 1.09 bits per heavy atom. The van der Waals surface area contributed by atoms with E-state index in [-0.39, 0.29) is 22.9 Å². The Balaban J connectivity index is 1.48. The molecule has 1 fully saturated rings. The van der Waals surface area contributed by atoms with Crippen LogP contribution in [-0.4, -0.2) is 66.9 Å². The van der Waals surface area contributed by atoms with Crippen molar-refractivity contribution in [3.8, 4) is 0 Å². The lowest BCUT2D eigenvalue weighted by Crippen LogP contribution is -2.49. The van der Waals surface area contributed by atoms with Crippen LogP contribution in [0.4, 0.5) is 17.5 Å². The second-order valence-electron chi connectivity index (χ2n) is 7.50. The van der Waals surface area contributed by atoms with Gasteiger partial charge in [-0.1, -0.05) is 0 Å². The van der Waals surface area contributed by atoms with Gasteiger partial charge in [-0.05, 0) is 43.0 Å². The Kier molecular flexibility index (Phi) is 6.58. The molecule has 0 amide bonds. The van der Waals surface area contributed by atoms with Gasteiger partial charge in [0.25, 0.3) is 0 Å². The maximum Gasteiger partial charge on any atom is 0.349 e. The van der Waals surface area contributed by atoms with Crippen molar-refractivity contribution in [3.63, 3.8) is 0 Å². The predicted octanol–water partition coefficient (Wildman–Crippen LogP) is 2.59. The average Bonchev–Trinajstić information content (AvgIpc) is 3.29. The van der Waals surface area contributed by atoms with Gasteiger partial charge in [-0.2, -0.15) is 4.31 Å². The smallest absolute Gasteiger partial charge is 0.349 e. The van der Waals surface area contributed by atoms with Crippen molar-refractivity contribution in [2.75, 3.05) is 43.5 Å². The molecule has 0 unspecified atom stereocenters. The summed E-state index contributed by atoms with van der Waals surface area (Å²) in [4.78, 5) is 27.3. The number of anilines is 3. The molecule has 12 heteroatoms. The molecule has 0 radical (unpaired) electrons. The minimum absolute atomic E-state index is 0.0113. The zero-order chi connectivity index (χ0) is 23.6. The quantitative estimate of drug-likeness (QED) is 0.522. The van der Waals surface area contributed by atoms with Gasteiger partial charge in [-0.25, -0.2) is 28.2 Å². The molecule has 4 rings (SSSR count). The number of ether oxygens (including phenoxy) is 1. The van der Waals surface area contributed by atoms with Crippen LogP contribution >= 0.6 is 11.3 Å². The van der Waals surface area contributed by atoms with E-state index in [4.69, 9.17) is 4.74 Å². The largest absolute Gasteiger partial charge is 0.465 e. The van der Waals surface area contributed by atoms with Crippen molar-refractivity contribution in [2.24, 2.45) is 0 Å². The maximum absolute atomic E-state index is 13.1. The van der Waals surface area contributed by atoms with Crippen LogP contribution in [0.5, 0.6) is 0 Å². The lowest BCUT2D eigenvalue weighted by Gasteiger charge is -2.34.